The molecule has 1 saturated carbocycles. The zero-order chi connectivity index (χ0) is 13.9. The van der Waals surface area contributed by atoms with Crippen LogP contribution in [0.15, 0.2) is 0 Å². The van der Waals surface area contributed by atoms with Crippen LogP contribution in [0.1, 0.15) is 53.4 Å². The third kappa shape index (κ3) is 4.44. The molecule has 1 aliphatic heterocycles. The highest BCUT2D eigenvalue weighted by Gasteiger charge is 2.27. The second kappa shape index (κ2) is 6.55. The topological polar surface area (TPSA) is 18.5 Å². The second-order valence-electron chi connectivity index (χ2n) is 7.43. The van der Waals surface area contributed by atoms with Crippen molar-refractivity contribution in [2.45, 2.75) is 71.0 Å². The first-order chi connectivity index (χ1) is 8.97. The number of hydrogen-bond donors (Lipinski definition) is 1. The van der Waals surface area contributed by atoms with E-state index in [9.17, 15) is 0 Å². The van der Waals surface area contributed by atoms with E-state index < -0.39 is 0 Å². The summed E-state index contributed by atoms with van der Waals surface area (Å²) in [6.07, 6.45) is 5.64. The van der Waals surface area contributed by atoms with Gasteiger partial charge in [0.2, 0.25) is 0 Å². The zero-order valence-electron chi connectivity index (χ0n) is 13.4. The molecule has 0 aromatic rings. The maximum absolute atomic E-state index is 3.76. The number of hydrogen-bond acceptors (Lipinski definition) is 3. The highest BCUT2D eigenvalue weighted by Crippen LogP contribution is 2.19. The lowest BCUT2D eigenvalue weighted by atomic mass is 10.0. The van der Waals surface area contributed by atoms with Gasteiger partial charge in [0.25, 0.3) is 0 Å². The van der Waals surface area contributed by atoms with Crippen molar-refractivity contribution in [3.63, 3.8) is 0 Å². The largest absolute Gasteiger partial charge is 0.312 e. The van der Waals surface area contributed by atoms with E-state index in [-0.39, 0.29) is 0 Å². The van der Waals surface area contributed by atoms with Crippen LogP contribution in [0.3, 0.4) is 0 Å². The van der Waals surface area contributed by atoms with Crippen molar-refractivity contribution in [2.75, 3.05) is 32.7 Å². The van der Waals surface area contributed by atoms with Crippen molar-refractivity contribution in [1.82, 2.24) is 15.1 Å². The maximum atomic E-state index is 3.76. The van der Waals surface area contributed by atoms with E-state index >= 15 is 0 Å². The van der Waals surface area contributed by atoms with E-state index in [1.807, 2.05) is 0 Å². The highest BCUT2D eigenvalue weighted by molar-refractivity contribution is 4.85. The van der Waals surface area contributed by atoms with Gasteiger partial charge in [0.1, 0.15) is 0 Å². The first-order valence-electron chi connectivity index (χ1n) is 8.19. The van der Waals surface area contributed by atoms with Gasteiger partial charge in [-0.3, -0.25) is 9.80 Å². The highest BCUT2D eigenvalue weighted by atomic mass is 15.3. The summed E-state index contributed by atoms with van der Waals surface area (Å²) in [5.41, 5.74) is 0.331. The number of rotatable bonds is 4. The maximum Gasteiger partial charge on any atom is 0.0193 e. The first kappa shape index (κ1) is 15.3. The summed E-state index contributed by atoms with van der Waals surface area (Å²) >= 11 is 0. The first-order valence-corrected chi connectivity index (χ1v) is 8.19. The lowest BCUT2D eigenvalue weighted by molar-refractivity contribution is 0.0451. The second-order valence-corrected chi connectivity index (χ2v) is 7.43. The summed E-state index contributed by atoms with van der Waals surface area (Å²) in [4.78, 5) is 5.27. The van der Waals surface area contributed by atoms with Crippen LogP contribution in [0, 0.1) is 0 Å². The lowest BCUT2D eigenvalue weighted by Gasteiger charge is -2.44. The van der Waals surface area contributed by atoms with Crippen molar-refractivity contribution < 1.29 is 0 Å². The molecule has 1 heterocycles. The third-order valence-electron chi connectivity index (χ3n) is 4.94. The molecule has 2 aliphatic rings. The van der Waals surface area contributed by atoms with E-state index in [1.165, 1.54) is 58.4 Å². The van der Waals surface area contributed by atoms with Gasteiger partial charge in [-0.2, -0.15) is 0 Å². The van der Waals surface area contributed by atoms with E-state index in [1.54, 1.807) is 0 Å². The quantitative estimate of drug-likeness (QED) is 0.843. The Labute approximate surface area is 119 Å². The smallest absolute Gasteiger partial charge is 0.0193 e. The molecule has 0 amide bonds. The van der Waals surface area contributed by atoms with Gasteiger partial charge in [-0.15, -0.1) is 0 Å². The van der Waals surface area contributed by atoms with Crippen LogP contribution in [0.4, 0.5) is 0 Å². The normalized spacial score (nSPS) is 25.9. The molecule has 1 unspecified atom stereocenters. The Bertz CT molecular complexity index is 258. The predicted octanol–water partition coefficient (Wildman–Crippen LogP) is 2.32. The van der Waals surface area contributed by atoms with Crippen LogP contribution in [0.25, 0.3) is 0 Å². The van der Waals surface area contributed by atoms with Crippen molar-refractivity contribution in [3.05, 3.63) is 0 Å². The molecule has 1 atom stereocenters. The molecule has 0 spiro atoms. The van der Waals surface area contributed by atoms with Gasteiger partial charge in [0, 0.05) is 50.3 Å². The molecule has 1 aliphatic carbocycles. The van der Waals surface area contributed by atoms with Gasteiger partial charge in [-0.05, 0) is 40.5 Å². The lowest BCUT2D eigenvalue weighted by Crippen LogP contribution is -2.56. The zero-order valence-corrected chi connectivity index (χ0v) is 13.4. The standard InChI is InChI=1S/C16H33N3/c1-14(13-17-15-7-5-6-8-15)18-9-11-19(12-10-18)16(2,3)4/h14-15,17H,5-13H2,1-4H3. The summed E-state index contributed by atoms with van der Waals surface area (Å²) in [5, 5.41) is 3.76. The Hall–Kier alpha value is -0.120. The molecule has 0 aromatic heterocycles. The van der Waals surface area contributed by atoms with Crippen LogP contribution >= 0.6 is 0 Å². The molecule has 1 N–H and O–H groups in total. The molecule has 3 nitrogen and oxygen atoms in total. The summed E-state index contributed by atoms with van der Waals surface area (Å²) in [6.45, 7) is 15.4. The fraction of sp³-hybridized carbons (Fsp3) is 1.00. The molecular formula is C16H33N3. The fourth-order valence-corrected chi connectivity index (χ4v) is 3.43. The van der Waals surface area contributed by atoms with Crippen LogP contribution in [0.5, 0.6) is 0 Å². The molecule has 112 valence electrons. The van der Waals surface area contributed by atoms with E-state index in [4.69, 9.17) is 0 Å². The molecular weight excluding hydrogens is 234 g/mol. The van der Waals surface area contributed by atoms with Crippen LogP contribution in [-0.4, -0.2) is 60.1 Å². The Morgan fingerprint density at radius 3 is 2.16 bits per heavy atom. The molecule has 1 saturated heterocycles. The van der Waals surface area contributed by atoms with Crippen LogP contribution < -0.4 is 5.32 Å². The molecule has 2 rings (SSSR count). The van der Waals surface area contributed by atoms with Gasteiger partial charge < -0.3 is 5.32 Å². The summed E-state index contributed by atoms with van der Waals surface area (Å²) in [5.74, 6) is 0. The van der Waals surface area contributed by atoms with Crippen molar-refractivity contribution in [2.24, 2.45) is 0 Å². The van der Waals surface area contributed by atoms with Crippen LogP contribution in [-0.2, 0) is 0 Å². The molecule has 2 fully saturated rings. The average Bonchev–Trinajstić information content (AvgIpc) is 2.88. The van der Waals surface area contributed by atoms with Gasteiger partial charge in [0.15, 0.2) is 0 Å². The van der Waals surface area contributed by atoms with E-state index in [0.29, 0.717) is 11.6 Å². The van der Waals surface area contributed by atoms with Crippen molar-refractivity contribution >= 4 is 0 Å². The van der Waals surface area contributed by atoms with Gasteiger partial charge in [0.05, 0.1) is 0 Å². The minimum atomic E-state index is 0.331. The fourth-order valence-electron chi connectivity index (χ4n) is 3.43. The van der Waals surface area contributed by atoms with E-state index in [2.05, 4.69) is 42.8 Å². The average molecular weight is 267 g/mol. The number of piperazine rings is 1. The van der Waals surface area contributed by atoms with Gasteiger partial charge in [-0.25, -0.2) is 0 Å². The molecule has 19 heavy (non-hydrogen) atoms. The molecule has 3 heteroatoms. The minimum Gasteiger partial charge on any atom is -0.312 e. The minimum absolute atomic E-state index is 0.331. The van der Waals surface area contributed by atoms with Gasteiger partial charge >= 0.3 is 0 Å². The Morgan fingerprint density at radius 1 is 1.05 bits per heavy atom. The third-order valence-corrected chi connectivity index (χ3v) is 4.94. The van der Waals surface area contributed by atoms with Crippen molar-refractivity contribution in [3.8, 4) is 0 Å². The van der Waals surface area contributed by atoms with E-state index in [0.717, 1.165) is 6.04 Å². The summed E-state index contributed by atoms with van der Waals surface area (Å²) < 4.78 is 0. The van der Waals surface area contributed by atoms with Crippen molar-refractivity contribution in [1.29, 1.82) is 0 Å². The predicted molar refractivity (Wildman–Crippen MR) is 82.6 cm³/mol. The molecule has 0 bridgehead atoms. The summed E-state index contributed by atoms with van der Waals surface area (Å²) in [7, 11) is 0. The van der Waals surface area contributed by atoms with Gasteiger partial charge in [-0.1, -0.05) is 12.8 Å². The summed E-state index contributed by atoms with van der Waals surface area (Å²) in [6, 6.07) is 1.49. The molecule has 0 radical (unpaired) electrons. The monoisotopic (exact) mass is 267 g/mol. The molecule has 0 aromatic carbocycles. The van der Waals surface area contributed by atoms with Crippen LogP contribution in [0.2, 0.25) is 0 Å². The number of nitrogens with one attached hydrogen (secondary N) is 1. The number of nitrogens with zero attached hydrogens (tertiary/aromatic N) is 2. The Balaban J connectivity index is 1.68. The SMILES string of the molecule is CC(CNC1CCCC1)N1CCN(C(C)(C)C)CC1. The Kier molecular flexibility index (Phi) is 5.27. The Morgan fingerprint density at radius 2 is 1.63 bits per heavy atom.